The van der Waals surface area contributed by atoms with E-state index in [2.05, 4.69) is 37.2 Å². The van der Waals surface area contributed by atoms with Crippen LogP contribution in [0.4, 0.5) is 5.13 Å². The molecular formula is C17H18N6OS2. The first-order chi connectivity index (χ1) is 12.7. The molecular weight excluding hydrogens is 368 g/mol. The van der Waals surface area contributed by atoms with Crippen LogP contribution in [-0.4, -0.2) is 36.6 Å². The maximum atomic E-state index is 12.2. The van der Waals surface area contributed by atoms with E-state index in [-0.39, 0.29) is 11.7 Å². The van der Waals surface area contributed by atoms with E-state index in [1.54, 1.807) is 0 Å². The zero-order valence-corrected chi connectivity index (χ0v) is 15.9. The standard InChI is InChI=1S/C17H18N6OS2/c1-2-23-14(11-8-9-11)19-22-17(23)25-10-13(24)18-16-21-20-15(26-16)12-6-4-3-5-7-12/h3-7,11H,2,8-10H2,1H3,(H,18,21,24). The molecule has 0 atom stereocenters. The molecule has 2 heterocycles. The molecule has 26 heavy (non-hydrogen) atoms. The summed E-state index contributed by atoms with van der Waals surface area (Å²) in [5.41, 5.74) is 0.989. The predicted molar refractivity (Wildman–Crippen MR) is 102 cm³/mol. The molecule has 1 amide bonds. The minimum absolute atomic E-state index is 0.121. The van der Waals surface area contributed by atoms with Gasteiger partial charge >= 0.3 is 0 Å². The van der Waals surface area contributed by atoms with Crippen LogP contribution in [0.3, 0.4) is 0 Å². The highest BCUT2D eigenvalue weighted by Crippen LogP contribution is 2.40. The predicted octanol–water partition coefficient (Wildman–Crippen LogP) is 3.42. The number of aromatic nitrogens is 5. The number of carbonyl (C=O) groups excluding carboxylic acids is 1. The third-order valence-corrected chi connectivity index (χ3v) is 5.88. The topological polar surface area (TPSA) is 85.6 Å². The maximum Gasteiger partial charge on any atom is 0.236 e. The smallest absolute Gasteiger partial charge is 0.236 e. The monoisotopic (exact) mass is 386 g/mol. The lowest BCUT2D eigenvalue weighted by atomic mass is 10.2. The molecule has 1 aromatic carbocycles. The highest BCUT2D eigenvalue weighted by Gasteiger charge is 2.30. The Bertz CT molecular complexity index is 903. The third kappa shape index (κ3) is 3.78. The number of rotatable bonds is 7. The molecule has 0 spiro atoms. The second-order valence-corrected chi connectivity index (χ2v) is 7.89. The molecule has 9 heteroatoms. The Hall–Kier alpha value is -2.26. The number of thioether (sulfide) groups is 1. The van der Waals surface area contributed by atoms with Crippen LogP contribution < -0.4 is 5.32 Å². The lowest BCUT2D eigenvalue weighted by molar-refractivity contribution is -0.113. The molecule has 1 fully saturated rings. The summed E-state index contributed by atoms with van der Waals surface area (Å²) >= 11 is 2.77. The van der Waals surface area contributed by atoms with Crippen molar-refractivity contribution in [2.24, 2.45) is 0 Å². The average Bonchev–Trinajstić information content (AvgIpc) is 3.26. The summed E-state index contributed by atoms with van der Waals surface area (Å²) in [4.78, 5) is 12.2. The molecule has 1 N–H and O–H groups in total. The molecule has 1 saturated carbocycles. The van der Waals surface area contributed by atoms with Gasteiger partial charge in [0.25, 0.3) is 0 Å². The van der Waals surface area contributed by atoms with E-state index in [1.165, 1.54) is 35.9 Å². The molecule has 0 saturated heterocycles. The molecule has 1 aliphatic carbocycles. The van der Waals surface area contributed by atoms with E-state index in [1.807, 2.05) is 30.3 Å². The first-order valence-electron chi connectivity index (χ1n) is 8.49. The van der Waals surface area contributed by atoms with Gasteiger partial charge in [-0.2, -0.15) is 0 Å². The molecule has 2 aromatic heterocycles. The molecule has 0 radical (unpaired) electrons. The first-order valence-corrected chi connectivity index (χ1v) is 10.3. The van der Waals surface area contributed by atoms with E-state index < -0.39 is 0 Å². The van der Waals surface area contributed by atoms with Crippen LogP contribution in [0.1, 0.15) is 31.5 Å². The van der Waals surface area contributed by atoms with Gasteiger partial charge in [0.2, 0.25) is 11.0 Å². The number of anilines is 1. The van der Waals surface area contributed by atoms with Crippen molar-refractivity contribution in [1.82, 2.24) is 25.0 Å². The Morgan fingerprint density at radius 3 is 2.77 bits per heavy atom. The summed E-state index contributed by atoms with van der Waals surface area (Å²) in [6.45, 7) is 2.89. The van der Waals surface area contributed by atoms with Gasteiger partial charge < -0.3 is 4.57 Å². The van der Waals surface area contributed by atoms with E-state index in [4.69, 9.17) is 0 Å². The molecule has 0 bridgehead atoms. The fourth-order valence-corrected chi connectivity index (χ4v) is 4.18. The van der Waals surface area contributed by atoms with E-state index in [9.17, 15) is 4.79 Å². The number of amides is 1. The van der Waals surface area contributed by atoms with Gasteiger partial charge in [0, 0.05) is 18.0 Å². The Labute approximate surface area is 159 Å². The normalized spacial score (nSPS) is 13.7. The minimum atomic E-state index is -0.121. The lowest BCUT2D eigenvalue weighted by Crippen LogP contribution is -2.14. The van der Waals surface area contributed by atoms with Crippen LogP contribution in [0.15, 0.2) is 35.5 Å². The summed E-state index contributed by atoms with van der Waals surface area (Å²) in [5.74, 6) is 1.74. The number of carbonyl (C=O) groups is 1. The summed E-state index contributed by atoms with van der Waals surface area (Å²) in [7, 11) is 0. The van der Waals surface area contributed by atoms with Crippen molar-refractivity contribution in [3.63, 3.8) is 0 Å². The third-order valence-electron chi connectivity index (χ3n) is 4.03. The number of nitrogens with one attached hydrogen (secondary N) is 1. The van der Waals surface area contributed by atoms with E-state index >= 15 is 0 Å². The van der Waals surface area contributed by atoms with Gasteiger partial charge in [0.15, 0.2) is 5.16 Å². The van der Waals surface area contributed by atoms with Crippen molar-refractivity contribution in [3.8, 4) is 10.6 Å². The summed E-state index contributed by atoms with van der Waals surface area (Å²) in [6, 6.07) is 9.79. The van der Waals surface area contributed by atoms with Gasteiger partial charge in [0.1, 0.15) is 10.8 Å². The highest BCUT2D eigenvalue weighted by atomic mass is 32.2. The summed E-state index contributed by atoms with van der Waals surface area (Å²) < 4.78 is 2.11. The van der Waals surface area contributed by atoms with Crippen molar-refractivity contribution in [2.75, 3.05) is 11.1 Å². The fraction of sp³-hybridized carbons (Fsp3) is 0.353. The number of hydrogen-bond acceptors (Lipinski definition) is 7. The lowest BCUT2D eigenvalue weighted by Gasteiger charge is -2.06. The van der Waals surface area contributed by atoms with Gasteiger partial charge in [-0.15, -0.1) is 20.4 Å². The molecule has 0 unspecified atom stereocenters. The highest BCUT2D eigenvalue weighted by molar-refractivity contribution is 7.99. The van der Waals surface area contributed by atoms with Crippen molar-refractivity contribution >= 4 is 34.1 Å². The molecule has 1 aliphatic rings. The zero-order chi connectivity index (χ0) is 17.9. The van der Waals surface area contributed by atoms with Crippen molar-refractivity contribution < 1.29 is 4.79 Å². The minimum Gasteiger partial charge on any atom is -0.306 e. The molecule has 7 nitrogen and oxygen atoms in total. The molecule has 3 aromatic rings. The van der Waals surface area contributed by atoms with Gasteiger partial charge in [-0.3, -0.25) is 10.1 Å². The van der Waals surface area contributed by atoms with Crippen LogP contribution in [0.2, 0.25) is 0 Å². The Morgan fingerprint density at radius 2 is 2.04 bits per heavy atom. The summed E-state index contributed by atoms with van der Waals surface area (Å²) in [6.07, 6.45) is 2.37. The first kappa shape index (κ1) is 17.2. The van der Waals surface area contributed by atoms with Gasteiger partial charge in [0.05, 0.1) is 5.75 Å². The van der Waals surface area contributed by atoms with Crippen molar-refractivity contribution in [3.05, 3.63) is 36.2 Å². The van der Waals surface area contributed by atoms with E-state index in [0.717, 1.165) is 28.1 Å². The van der Waals surface area contributed by atoms with Crippen LogP contribution in [-0.2, 0) is 11.3 Å². The Morgan fingerprint density at radius 1 is 1.23 bits per heavy atom. The van der Waals surface area contributed by atoms with Crippen LogP contribution in [0, 0.1) is 0 Å². The number of hydrogen-bond donors (Lipinski definition) is 1. The van der Waals surface area contributed by atoms with Crippen LogP contribution in [0.5, 0.6) is 0 Å². The van der Waals surface area contributed by atoms with Gasteiger partial charge in [-0.1, -0.05) is 53.4 Å². The van der Waals surface area contributed by atoms with Crippen molar-refractivity contribution in [2.45, 2.75) is 37.4 Å². The molecule has 0 aliphatic heterocycles. The SMILES string of the molecule is CCn1c(SCC(=O)Nc2nnc(-c3ccccc3)s2)nnc1C1CC1. The zero-order valence-electron chi connectivity index (χ0n) is 14.3. The quantitative estimate of drug-likeness (QED) is 0.626. The largest absolute Gasteiger partial charge is 0.306 e. The van der Waals surface area contributed by atoms with E-state index in [0.29, 0.717) is 11.0 Å². The van der Waals surface area contributed by atoms with Gasteiger partial charge in [-0.25, -0.2) is 0 Å². The Balaban J connectivity index is 1.35. The maximum absolute atomic E-state index is 12.2. The van der Waals surface area contributed by atoms with Crippen molar-refractivity contribution in [1.29, 1.82) is 0 Å². The molecule has 4 rings (SSSR count). The second-order valence-electron chi connectivity index (χ2n) is 5.97. The average molecular weight is 387 g/mol. The summed E-state index contributed by atoms with van der Waals surface area (Å²) in [5, 5.41) is 21.6. The molecule has 134 valence electrons. The second kappa shape index (κ2) is 7.55. The number of benzene rings is 1. The van der Waals surface area contributed by atoms with Crippen LogP contribution >= 0.6 is 23.1 Å². The fourth-order valence-electron chi connectivity index (χ4n) is 2.60. The number of nitrogens with zero attached hydrogens (tertiary/aromatic N) is 5. The van der Waals surface area contributed by atoms with Gasteiger partial charge in [-0.05, 0) is 19.8 Å². The van der Waals surface area contributed by atoms with Crippen LogP contribution in [0.25, 0.3) is 10.6 Å². The Kier molecular flexibility index (Phi) is 4.98.